The minimum Gasteiger partial charge on any atom is -0.274 e. The van der Waals surface area contributed by atoms with Gasteiger partial charge in [-0.15, -0.1) is 5.10 Å². The van der Waals surface area contributed by atoms with Gasteiger partial charge in [-0.25, -0.2) is 0 Å². The van der Waals surface area contributed by atoms with Gasteiger partial charge in [-0.05, 0) is 24.9 Å². The molecular formula is C7H8BrClN2O. The van der Waals surface area contributed by atoms with Gasteiger partial charge in [0.2, 0.25) is 0 Å². The Hall–Kier alpha value is -0.220. The lowest BCUT2D eigenvalue weighted by atomic mass is 9.97. The first kappa shape index (κ1) is 9.86. The summed E-state index contributed by atoms with van der Waals surface area (Å²) in [5.74, 6) is 0. The molecule has 3 nitrogen and oxygen atoms in total. The third-order valence-corrected chi connectivity index (χ3v) is 3.61. The Kier molecular flexibility index (Phi) is 2.68. The van der Waals surface area contributed by atoms with Gasteiger partial charge >= 0.3 is 0 Å². The Labute approximate surface area is 84.0 Å². The highest BCUT2D eigenvalue weighted by Crippen LogP contribution is 2.31. The van der Waals surface area contributed by atoms with Crippen LogP contribution >= 0.6 is 27.5 Å². The average molecular weight is 252 g/mol. The maximum Gasteiger partial charge on any atom is 0.270 e. The fourth-order valence-corrected chi connectivity index (χ4v) is 1.73. The van der Waals surface area contributed by atoms with Crippen molar-refractivity contribution < 1.29 is 4.79 Å². The van der Waals surface area contributed by atoms with E-state index in [0.717, 1.165) is 5.71 Å². The second-order valence-electron chi connectivity index (χ2n) is 2.56. The fourth-order valence-electron chi connectivity index (χ4n) is 1.07. The van der Waals surface area contributed by atoms with Crippen LogP contribution in [-0.2, 0) is 4.79 Å². The van der Waals surface area contributed by atoms with Gasteiger partial charge in [0.15, 0.2) is 0 Å². The van der Waals surface area contributed by atoms with E-state index in [-0.39, 0.29) is 5.71 Å². The molecule has 66 valence electrons. The molecule has 5 heteroatoms. The highest BCUT2D eigenvalue weighted by Gasteiger charge is 2.41. The molecule has 0 N–H and O–H groups in total. The molecule has 12 heavy (non-hydrogen) atoms. The van der Waals surface area contributed by atoms with Gasteiger partial charge in [0, 0.05) is 0 Å². The molecule has 0 saturated carbocycles. The van der Waals surface area contributed by atoms with Crippen LogP contribution in [0.5, 0.6) is 0 Å². The molecule has 1 aliphatic heterocycles. The van der Waals surface area contributed by atoms with Crippen molar-refractivity contribution in [3.8, 4) is 0 Å². The Bertz CT molecular complexity index is 287. The number of halogens is 2. The van der Waals surface area contributed by atoms with Crippen LogP contribution in [0.2, 0.25) is 0 Å². The minimum atomic E-state index is -0.547. The Morgan fingerprint density at radius 1 is 1.67 bits per heavy atom. The quantitative estimate of drug-likeness (QED) is 0.547. The first-order valence-electron chi connectivity index (χ1n) is 3.54. The van der Waals surface area contributed by atoms with Gasteiger partial charge in [0.05, 0.1) is 5.71 Å². The summed E-state index contributed by atoms with van der Waals surface area (Å²) in [4.78, 5) is 10.9. The number of carbonyl (C=O) groups is 1. The molecule has 0 spiro atoms. The zero-order valence-corrected chi connectivity index (χ0v) is 9.11. The minimum absolute atomic E-state index is 0.282. The van der Waals surface area contributed by atoms with Gasteiger partial charge < -0.3 is 0 Å². The molecule has 0 aromatic carbocycles. The van der Waals surface area contributed by atoms with Crippen LogP contribution in [0, 0.1) is 0 Å². The highest BCUT2D eigenvalue weighted by molar-refractivity contribution is 9.10. The van der Waals surface area contributed by atoms with Crippen molar-refractivity contribution in [2.45, 2.75) is 24.6 Å². The van der Waals surface area contributed by atoms with Crippen molar-refractivity contribution in [2.24, 2.45) is 10.2 Å². The van der Waals surface area contributed by atoms with E-state index in [1.165, 1.54) is 0 Å². The summed E-state index contributed by atoms with van der Waals surface area (Å²) < 4.78 is -0.536. The molecule has 0 aromatic rings. The molecule has 1 atom stereocenters. The second-order valence-corrected chi connectivity index (χ2v) is 4.26. The Balaban J connectivity index is 3.04. The summed E-state index contributed by atoms with van der Waals surface area (Å²) in [6, 6.07) is 0. The van der Waals surface area contributed by atoms with Crippen molar-refractivity contribution in [2.75, 3.05) is 0 Å². The molecule has 0 aliphatic carbocycles. The van der Waals surface area contributed by atoms with E-state index in [1.54, 1.807) is 0 Å². The Morgan fingerprint density at radius 2 is 2.25 bits per heavy atom. The van der Waals surface area contributed by atoms with Crippen molar-refractivity contribution in [1.29, 1.82) is 0 Å². The van der Waals surface area contributed by atoms with E-state index in [1.807, 2.05) is 13.8 Å². The normalized spacial score (nSPS) is 28.3. The van der Waals surface area contributed by atoms with Gasteiger partial charge in [0.1, 0.15) is 10.0 Å². The van der Waals surface area contributed by atoms with E-state index in [0.29, 0.717) is 6.42 Å². The van der Waals surface area contributed by atoms with Gasteiger partial charge in [0.25, 0.3) is 5.24 Å². The second kappa shape index (κ2) is 3.26. The van der Waals surface area contributed by atoms with Crippen LogP contribution in [0.1, 0.15) is 20.3 Å². The monoisotopic (exact) mass is 250 g/mol. The maximum atomic E-state index is 10.9. The third kappa shape index (κ3) is 1.33. The maximum absolute atomic E-state index is 10.9. The van der Waals surface area contributed by atoms with Crippen LogP contribution in [0.3, 0.4) is 0 Å². The highest BCUT2D eigenvalue weighted by atomic mass is 79.9. The van der Waals surface area contributed by atoms with Crippen molar-refractivity contribution in [3.63, 3.8) is 0 Å². The average Bonchev–Trinajstić information content (AvgIpc) is 2.30. The molecule has 0 saturated heterocycles. The molecule has 0 radical (unpaired) electrons. The lowest BCUT2D eigenvalue weighted by Crippen LogP contribution is -2.38. The van der Waals surface area contributed by atoms with Gasteiger partial charge in [-0.1, -0.05) is 22.9 Å². The van der Waals surface area contributed by atoms with Crippen LogP contribution in [0.15, 0.2) is 10.2 Å². The predicted octanol–water partition coefficient (Wildman–Crippen LogP) is 2.13. The van der Waals surface area contributed by atoms with Crippen molar-refractivity contribution >= 4 is 44.2 Å². The van der Waals surface area contributed by atoms with E-state index < -0.39 is 9.57 Å². The van der Waals surface area contributed by atoms with Crippen LogP contribution in [-0.4, -0.2) is 21.0 Å². The number of nitrogens with zero attached hydrogens (tertiary/aromatic N) is 2. The Morgan fingerprint density at radius 3 is 2.58 bits per heavy atom. The number of rotatable bonds is 2. The van der Waals surface area contributed by atoms with Gasteiger partial charge in [-0.3, -0.25) is 4.79 Å². The van der Waals surface area contributed by atoms with E-state index >= 15 is 0 Å². The summed E-state index contributed by atoms with van der Waals surface area (Å²) in [6.45, 7) is 3.75. The summed E-state index contributed by atoms with van der Waals surface area (Å²) in [6.07, 6.45) is 0.708. The number of hydrogen-bond donors (Lipinski definition) is 0. The molecule has 1 aliphatic rings. The summed E-state index contributed by atoms with van der Waals surface area (Å²) >= 11 is 8.75. The number of carbonyl (C=O) groups excluding carboxylic acids is 1. The topological polar surface area (TPSA) is 41.8 Å². The van der Waals surface area contributed by atoms with Crippen molar-refractivity contribution in [3.05, 3.63) is 0 Å². The molecule has 0 aromatic heterocycles. The molecule has 0 fully saturated rings. The van der Waals surface area contributed by atoms with Crippen molar-refractivity contribution in [1.82, 2.24) is 0 Å². The molecule has 1 heterocycles. The number of alkyl halides is 1. The van der Waals surface area contributed by atoms with Gasteiger partial charge in [-0.2, -0.15) is 5.10 Å². The molecule has 1 rings (SSSR count). The van der Waals surface area contributed by atoms with E-state index in [2.05, 4.69) is 26.1 Å². The van der Waals surface area contributed by atoms with Crippen LogP contribution < -0.4 is 0 Å². The lowest BCUT2D eigenvalue weighted by Gasteiger charge is -2.19. The fraction of sp³-hybridized carbons (Fsp3) is 0.571. The summed E-state index contributed by atoms with van der Waals surface area (Å²) in [7, 11) is 0. The predicted molar refractivity (Wildman–Crippen MR) is 53.4 cm³/mol. The SMILES string of the molecule is CCC1(Br)C(C)=NN=C1C(=O)Cl. The van der Waals surface area contributed by atoms with Crippen LogP contribution in [0.4, 0.5) is 0 Å². The number of hydrogen-bond acceptors (Lipinski definition) is 3. The standard InChI is InChI=1S/C7H8BrClN2O/c1-3-7(8)4(2)10-11-5(7)6(9)12/h3H2,1-2H3. The smallest absolute Gasteiger partial charge is 0.270 e. The first-order valence-corrected chi connectivity index (χ1v) is 4.71. The zero-order chi connectivity index (χ0) is 9.35. The summed E-state index contributed by atoms with van der Waals surface area (Å²) in [5.41, 5.74) is 1.05. The first-order chi connectivity index (χ1) is 5.52. The van der Waals surface area contributed by atoms with Crippen LogP contribution in [0.25, 0.3) is 0 Å². The summed E-state index contributed by atoms with van der Waals surface area (Å²) in [5, 5.41) is 6.98. The molecular weight excluding hydrogens is 243 g/mol. The van der Waals surface area contributed by atoms with E-state index in [9.17, 15) is 4.79 Å². The zero-order valence-electron chi connectivity index (χ0n) is 6.77. The molecule has 1 unspecified atom stereocenters. The third-order valence-electron chi connectivity index (χ3n) is 1.92. The van der Waals surface area contributed by atoms with E-state index in [4.69, 9.17) is 11.6 Å². The lowest BCUT2D eigenvalue weighted by molar-refractivity contribution is -0.106. The largest absolute Gasteiger partial charge is 0.274 e. The molecule has 0 amide bonds. The molecule has 0 bridgehead atoms.